The van der Waals surface area contributed by atoms with Gasteiger partial charge in [0.05, 0.1) is 5.60 Å². The van der Waals surface area contributed by atoms with Gasteiger partial charge >= 0.3 is 0 Å². The van der Waals surface area contributed by atoms with Crippen LogP contribution in [0.4, 0.5) is 0 Å². The number of nitrogens with zero attached hydrogens (tertiary/aromatic N) is 2. The number of carbonyl (C=O) groups excluding carboxylic acids is 1. The molecule has 0 saturated heterocycles. The SMILES string of the molecule is CCn1c(C)c(C)c2c(-c3ccc(Cl)cc3)c([C@H](OC(C)(C)C)C(C)=O)c(C)nc21. The number of aryl methyl sites for hydroxylation is 3. The molecule has 0 aliphatic rings. The maximum atomic E-state index is 12.8. The molecule has 0 N–H and O–H groups in total. The molecule has 0 fully saturated rings. The average Bonchev–Trinajstić information content (AvgIpc) is 2.88. The normalized spacial score (nSPS) is 13.1. The van der Waals surface area contributed by atoms with E-state index in [0.717, 1.165) is 40.0 Å². The summed E-state index contributed by atoms with van der Waals surface area (Å²) in [6.07, 6.45) is -0.697. The maximum Gasteiger partial charge on any atom is 0.163 e. The third-order valence-electron chi connectivity index (χ3n) is 5.54. The molecular formula is C25H31ClN2O2. The van der Waals surface area contributed by atoms with E-state index in [-0.39, 0.29) is 5.78 Å². The number of ketones is 1. The standard InChI is InChI=1S/C25H31ClN2O2/c1-9-28-16(4)14(2)20-22(18-10-12-19(26)13-11-18)21(15(3)27-24(20)28)23(17(5)29)30-25(6,7)8/h10-13,23H,9H2,1-8H3/t23-/m1/s1. The molecule has 4 nitrogen and oxygen atoms in total. The molecule has 0 unspecified atom stereocenters. The molecule has 0 amide bonds. The van der Waals surface area contributed by atoms with Crippen LogP contribution >= 0.6 is 11.6 Å². The maximum absolute atomic E-state index is 12.8. The van der Waals surface area contributed by atoms with Crippen LogP contribution < -0.4 is 0 Å². The first-order valence-corrected chi connectivity index (χ1v) is 10.8. The molecule has 1 atom stereocenters. The third kappa shape index (κ3) is 4.03. The Kier molecular flexibility index (Phi) is 6.13. The second-order valence-corrected chi connectivity index (χ2v) is 9.30. The number of halogens is 1. The largest absolute Gasteiger partial charge is 0.360 e. The molecule has 0 aliphatic heterocycles. The molecule has 2 heterocycles. The number of Topliss-reactive ketones (excluding diaryl/α,β-unsaturated/α-hetero) is 1. The van der Waals surface area contributed by atoms with E-state index in [4.69, 9.17) is 21.3 Å². The number of fused-ring (bicyclic) bond motifs is 1. The van der Waals surface area contributed by atoms with E-state index in [2.05, 4.69) is 25.3 Å². The molecule has 0 bridgehead atoms. The van der Waals surface area contributed by atoms with E-state index < -0.39 is 11.7 Å². The zero-order valence-corrected chi connectivity index (χ0v) is 19.9. The van der Waals surface area contributed by atoms with Crippen LogP contribution in [-0.4, -0.2) is 20.9 Å². The Hall–Kier alpha value is -2.17. The van der Waals surface area contributed by atoms with Crippen molar-refractivity contribution in [1.82, 2.24) is 9.55 Å². The fraction of sp³-hybridized carbons (Fsp3) is 0.440. The predicted molar refractivity (Wildman–Crippen MR) is 124 cm³/mol. The molecule has 0 spiro atoms. The second-order valence-electron chi connectivity index (χ2n) is 8.87. The molecule has 0 radical (unpaired) electrons. The van der Waals surface area contributed by atoms with Crippen LogP contribution in [0.15, 0.2) is 24.3 Å². The molecule has 5 heteroatoms. The molecule has 160 valence electrons. The smallest absolute Gasteiger partial charge is 0.163 e. The molecular weight excluding hydrogens is 396 g/mol. The Morgan fingerprint density at radius 1 is 1.17 bits per heavy atom. The van der Waals surface area contributed by atoms with Crippen molar-refractivity contribution in [3.8, 4) is 11.1 Å². The van der Waals surface area contributed by atoms with Gasteiger partial charge in [0.15, 0.2) is 5.78 Å². The predicted octanol–water partition coefficient (Wildman–Crippen LogP) is 6.75. The number of pyridine rings is 1. The van der Waals surface area contributed by atoms with Crippen LogP contribution in [-0.2, 0) is 16.1 Å². The van der Waals surface area contributed by atoms with Crippen molar-refractivity contribution in [3.05, 3.63) is 51.8 Å². The fourth-order valence-electron chi connectivity index (χ4n) is 4.12. The first kappa shape index (κ1) is 22.5. The summed E-state index contributed by atoms with van der Waals surface area (Å²) < 4.78 is 8.51. The Balaban J connectivity index is 2.49. The van der Waals surface area contributed by atoms with E-state index in [9.17, 15) is 4.79 Å². The van der Waals surface area contributed by atoms with Gasteiger partial charge in [0.25, 0.3) is 0 Å². The molecule has 2 aromatic heterocycles. The molecule has 0 aliphatic carbocycles. The summed E-state index contributed by atoms with van der Waals surface area (Å²) in [6.45, 7) is 16.7. The van der Waals surface area contributed by atoms with E-state index in [1.807, 2.05) is 52.0 Å². The first-order valence-electron chi connectivity index (χ1n) is 10.4. The topological polar surface area (TPSA) is 44.1 Å². The Morgan fingerprint density at radius 3 is 2.27 bits per heavy atom. The van der Waals surface area contributed by atoms with Gasteiger partial charge in [-0.05, 0) is 78.6 Å². The van der Waals surface area contributed by atoms with Crippen molar-refractivity contribution < 1.29 is 9.53 Å². The fourth-order valence-corrected chi connectivity index (χ4v) is 4.24. The van der Waals surface area contributed by atoms with Crippen molar-refractivity contribution in [2.75, 3.05) is 0 Å². The molecule has 3 rings (SSSR count). The van der Waals surface area contributed by atoms with Crippen molar-refractivity contribution in [3.63, 3.8) is 0 Å². The zero-order valence-electron chi connectivity index (χ0n) is 19.2. The lowest BCUT2D eigenvalue weighted by atomic mass is 9.90. The molecule has 3 aromatic rings. The average molecular weight is 427 g/mol. The van der Waals surface area contributed by atoms with Gasteiger partial charge in [-0.3, -0.25) is 4.79 Å². The van der Waals surface area contributed by atoms with E-state index in [1.54, 1.807) is 6.92 Å². The monoisotopic (exact) mass is 426 g/mol. The number of benzene rings is 1. The lowest BCUT2D eigenvalue weighted by Crippen LogP contribution is -2.27. The van der Waals surface area contributed by atoms with Crippen molar-refractivity contribution in [2.24, 2.45) is 0 Å². The summed E-state index contributed by atoms with van der Waals surface area (Å²) in [6, 6.07) is 7.78. The number of hydrogen-bond acceptors (Lipinski definition) is 3. The Bertz CT molecular complexity index is 1110. The lowest BCUT2D eigenvalue weighted by molar-refractivity contribution is -0.138. The second kappa shape index (κ2) is 8.16. The number of hydrogen-bond donors (Lipinski definition) is 0. The highest BCUT2D eigenvalue weighted by Crippen LogP contribution is 2.42. The van der Waals surface area contributed by atoms with Crippen molar-refractivity contribution in [1.29, 1.82) is 0 Å². The quantitative estimate of drug-likeness (QED) is 0.453. The zero-order chi connectivity index (χ0) is 22.4. The van der Waals surface area contributed by atoms with Gasteiger partial charge < -0.3 is 9.30 Å². The van der Waals surface area contributed by atoms with Gasteiger partial charge in [0.2, 0.25) is 0 Å². The van der Waals surface area contributed by atoms with Crippen LogP contribution in [0.25, 0.3) is 22.2 Å². The summed E-state index contributed by atoms with van der Waals surface area (Å²) in [5.41, 5.74) is 6.47. The minimum absolute atomic E-state index is 0.0336. The van der Waals surface area contributed by atoms with E-state index in [1.165, 1.54) is 11.3 Å². The first-order chi connectivity index (χ1) is 14.0. The summed E-state index contributed by atoms with van der Waals surface area (Å²) >= 11 is 6.18. The lowest BCUT2D eigenvalue weighted by Gasteiger charge is -2.29. The highest BCUT2D eigenvalue weighted by molar-refractivity contribution is 6.30. The highest BCUT2D eigenvalue weighted by Gasteiger charge is 2.31. The number of ether oxygens (including phenoxy) is 1. The van der Waals surface area contributed by atoms with Crippen LogP contribution in [0.3, 0.4) is 0 Å². The van der Waals surface area contributed by atoms with Crippen molar-refractivity contribution in [2.45, 2.75) is 73.6 Å². The van der Waals surface area contributed by atoms with E-state index >= 15 is 0 Å². The summed E-state index contributed by atoms with van der Waals surface area (Å²) in [7, 11) is 0. The van der Waals surface area contributed by atoms with Gasteiger partial charge in [-0.15, -0.1) is 0 Å². The van der Waals surface area contributed by atoms with Gasteiger partial charge in [-0.25, -0.2) is 4.98 Å². The van der Waals surface area contributed by atoms with Crippen LogP contribution in [0.2, 0.25) is 5.02 Å². The van der Waals surface area contributed by atoms with Crippen LogP contribution in [0.5, 0.6) is 0 Å². The van der Waals surface area contributed by atoms with Crippen molar-refractivity contribution >= 4 is 28.4 Å². The number of rotatable bonds is 5. The highest BCUT2D eigenvalue weighted by atomic mass is 35.5. The minimum Gasteiger partial charge on any atom is -0.360 e. The number of carbonyl (C=O) groups is 1. The summed E-state index contributed by atoms with van der Waals surface area (Å²) in [5.74, 6) is -0.0336. The van der Waals surface area contributed by atoms with Crippen LogP contribution in [0, 0.1) is 20.8 Å². The van der Waals surface area contributed by atoms with Gasteiger partial charge in [-0.2, -0.15) is 0 Å². The molecule has 0 saturated carbocycles. The molecule has 30 heavy (non-hydrogen) atoms. The minimum atomic E-state index is -0.697. The molecule has 1 aromatic carbocycles. The Morgan fingerprint density at radius 2 is 1.77 bits per heavy atom. The van der Waals surface area contributed by atoms with E-state index in [0.29, 0.717) is 5.02 Å². The third-order valence-corrected chi connectivity index (χ3v) is 5.79. The van der Waals surface area contributed by atoms with Gasteiger partial charge in [0.1, 0.15) is 11.8 Å². The van der Waals surface area contributed by atoms with Gasteiger partial charge in [-0.1, -0.05) is 23.7 Å². The van der Waals surface area contributed by atoms with Gasteiger partial charge in [0, 0.05) is 39.5 Å². The number of aromatic nitrogens is 2. The summed E-state index contributed by atoms with van der Waals surface area (Å²) in [4.78, 5) is 17.8. The van der Waals surface area contributed by atoms with Crippen LogP contribution in [0.1, 0.15) is 63.2 Å². The summed E-state index contributed by atoms with van der Waals surface area (Å²) in [5, 5.41) is 1.75. The Labute approximate surface area is 184 Å².